The Morgan fingerprint density at radius 3 is 2.19 bits per heavy atom. The number of quaternary nitrogens is 3. The van der Waals surface area contributed by atoms with Gasteiger partial charge in [0.15, 0.2) is 6.04 Å². The molecule has 0 aromatic carbocycles. The Hall–Kier alpha value is -0.810. The Bertz CT molecular complexity index is 360. The van der Waals surface area contributed by atoms with E-state index >= 15 is 0 Å². The van der Waals surface area contributed by atoms with Crippen LogP contribution in [0.15, 0.2) is 0 Å². The van der Waals surface area contributed by atoms with E-state index in [1.165, 1.54) is 4.90 Å². The molecule has 9 heteroatoms. The number of nitrogens with one attached hydrogen (secondary N) is 3. The molecule has 1 saturated heterocycles. The molecule has 9 nitrogen and oxygen atoms in total. The lowest BCUT2D eigenvalue weighted by Crippen LogP contribution is -3.25. The molecule has 0 bridgehead atoms. The summed E-state index contributed by atoms with van der Waals surface area (Å²) in [5.41, 5.74) is 5.31. The number of likely N-dealkylation sites (tertiary alicyclic amines) is 1. The van der Waals surface area contributed by atoms with Crippen molar-refractivity contribution in [3.8, 4) is 0 Å². The molecular weight excluding hydrogens is 280 g/mol. The summed E-state index contributed by atoms with van der Waals surface area (Å²) in [6, 6.07) is -1.21. The van der Waals surface area contributed by atoms with Gasteiger partial charge in [-0.3, -0.25) is 4.79 Å². The van der Waals surface area contributed by atoms with Crippen molar-refractivity contribution in [2.45, 2.75) is 50.2 Å². The zero-order valence-corrected chi connectivity index (χ0v) is 12.0. The maximum atomic E-state index is 11.5. The second-order valence-electron chi connectivity index (χ2n) is 6.23. The van der Waals surface area contributed by atoms with Crippen LogP contribution in [-0.4, -0.2) is 47.5 Å². The molecule has 1 amide bonds. The first kappa shape index (κ1) is 16.6. The fraction of sp³-hybridized carbons (Fsp3) is 0.917. The van der Waals surface area contributed by atoms with Gasteiger partial charge in [-0.15, -0.1) is 0 Å². The lowest BCUT2D eigenvalue weighted by Gasteiger charge is -2.43. The summed E-state index contributed by atoms with van der Waals surface area (Å²) in [5.74, 6) is -0.384. The third-order valence-electron chi connectivity index (χ3n) is 5.07. The smallest absolute Gasteiger partial charge is 0.220 e. The molecule has 0 aromatic rings. The SMILES string of the molecule is NC(=O)C1CC[NH+](C2CCC([NH+]([O-])O)CC2[NH+]([O-])O)CC1. The molecule has 7 N–H and O–H groups in total. The van der Waals surface area contributed by atoms with Gasteiger partial charge in [-0.2, -0.15) is 0 Å². The van der Waals surface area contributed by atoms with Crippen molar-refractivity contribution in [2.24, 2.45) is 11.7 Å². The van der Waals surface area contributed by atoms with Gasteiger partial charge in [0.2, 0.25) is 5.91 Å². The van der Waals surface area contributed by atoms with E-state index in [9.17, 15) is 20.4 Å². The molecular formula is C12H25N4O5+. The fourth-order valence-electron chi connectivity index (χ4n) is 3.80. The molecule has 2 rings (SSSR count). The minimum absolute atomic E-state index is 0.0491. The summed E-state index contributed by atoms with van der Waals surface area (Å²) < 4.78 is 0. The van der Waals surface area contributed by atoms with Crippen LogP contribution in [0.5, 0.6) is 0 Å². The highest BCUT2D eigenvalue weighted by Crippen LogP contribution is 2.16. The molecule has 2 aliphatic rings. The van der Waals surface area contributed by atoms with Crippen LogP contribution in [0.3, 0.4) is 0 Å². The summed E-state index contributed by atoms with van der Waals surface area (Å²) in [6.45, 7) is 1.47. The van der Waals surface area contributed by atoms with Crippen LogP contribution in [0.1, 0.15) is 32.1 Å². The largest absolute Gasteiger partial charge is 0.600 e. The van der Waals surface area contributed by atoms with E-state index < -0.39 is 22.5 Å². The molecule has 1 aliphatic carbocycles. The zero-order valence-electron chi connectivity index (χ0n) is 12.0. The Kier molecular flexibility index (Phi) is 5.49. The molecule has 5 atom stereocenters. The van der Waals surface area contributed by atoms with Crippen molar-refractivity contribution >= 4 is 5.91 Å². The van der Waals surface area contributed by atoms with Gasteiger partial charge < -0.3 is 21.0 Å². The van der Waals surface area contributed by atoms with E-state index in [4.69, 9.17) is 10.9 Å². The van der Waals surface area contributed by atoms with E-state index in [-0.39, 0.29) is 24.3 Å². The van der Waals surface area contributed by atoms with Crippen LogP contribution in [0.25, 0.3) is 0 Å². The molecule has 0 aromatic heterocycles. The van der Waals surface area contributed by atoms with Crippen LogP contribution >= 0.6 is 0 Å². The number of carbonyl (C=O) groups excluding carboxylic acids is 1. The second-order valence-corrected chi connectivity index (χ2v) is 6.23. The average molecular weight is 305 g/mol. The van der Waals surface area contributed by atoms with Gasteiger partial charge in [0.05, 0.1) is 19.5 Å². The number of hydroxylamine groups is 4. The number of amides is 1. The molecule has 122 valence electrons. The number of piperidine rings is 1. The normalized spacial score (nSPS) is 40.5. The van der Waals surface area contributed by atoms with Gasteiger partial charge >= 0.3 is 0 Å². The summed E-state index contributed by atoms with van der Waals surface area (Å²) >= 11 is 0. The highest BCUT2D eigenvalue weighted by atomic mass is 16.8. The van der Waals surface area contributed by atoms with Crippen molar-refractivity contribution in [3.05, 3.63) is 10.4 Å². The minimum Gasteiger partial charge on any atom is -0.600 e. The Morgan fingerprint density at radius 1 is 1.10 bits per heavy atom. The van der Waals surface area contributed by atoms with Gasteiger partial charge in [-0.05, 0) is 0 Å². The first-order chi connectivity index (χ1) is 9.90. The van der Waals surface area contributed by atoms with E-state index in [0.717, 1.165) is 13.1 Å². The average Bonchev–Trinajstić information content (AvgIpc) is 2.46. The second kappa shape index (κ2) is 6.97. The van der Waals surface area contributed by atoms with Crippen molar-refractivity contribution in [3.63, 3.8) is 0 Å². The van der Waals surface area contributed by atoms with E-state index in [1.807, 2.05) is 0 Å². The summed E-state index contributed by atoms with van der Waals surface area (Å²) in [5, 5.41) is 39.2. The van der Waals surface area contributed by atoms with Crippen LogP contribution in [0.4, 0.5) is 0 Å². The number of hydrogen-bond acceptors (Lipinski definition) is 5. The lowest BCUT2D eigenvalue weighted by molar-refractivity contribution is -1.10. The van der Waals surface area contributed by atoms with Crippen molar-refractivity contribution in [1.82, 2.24) is 0 Å². The minimum atomic E-state index is -0.907. The number of carbonyl (C=O) groups is 1. The first-order valence-corrected chi connectivity index (χ1v) is 7.49. The molecule has 1 heterocycles. The maximum absolute atomic E-state index is 11.5. The Balaban J connectivity index is 1.97. The zero-order chi connectivity index (χ0) is 15.6. The highest BCUT2D eigenvalue weighted by molar-refractivity contribution is 5.76. The van der Waals surface area contributed by atoms with E-state index in [1.54, 1.807) is 0 Å². The van der Waals surface area contributed by atoms with Crippen molar-refractivity contribution in [2.75, 3.05) is 13.1 Å². The number of rotatable bonds is 4. The molecule has 1 aliphatic heterocycles. The molecule has 21 heavy (non-hydrogen) atoms. The number of primary amides is 1. The number of nitrogens with two attached hydrogens (primary N) is 1. The Labute approximate surface area is 123 Å². The first-order valence-electron chi connectivity index (χ1n) is 7.49. The molecule has 1 saturated carbocycles. The van der Waals surface area contributed by atoms with Crippen LogP contribution in [0, 0.1) is 16.3 Å². The molecule has 0 spiro atoms. The van der Waals surface area contributed by atoms with Gasteiger partial charge in [0, 0.05) is 31.6 Å². The van der Waals surface area contributed by atoms with E-state index in [0.29, 0.717) is 25.7 Å². The predicted octanol–water partition coefficient (Wildman–Crippen LogP) is -4.40. The van der Waals surface area contributed by atoms with Crippen molar-refractivity contribution < 1.29 is 30.6 Å². The quantitative estimate of drug-likeness (QED) is 0.291. The third kappa shape index (κ3) is 3.89. The van der Waals surface area contributed by atoms with Gasteiger partial charge in [-0.1, -0.05) is 0 Å². The monoisotopic (exact) mass is 305 g/mol. The summed E-state index contributed by atoms with van der Waals surface area (Å²) in [7, 11) is 0. The predicted molar refractivity (Wildman–Crippen MR) is 70.1 cm³/mol. The molecule has 5 unspecified atom stereocenters. The summed E-state index contributed by atoms with van der Waals surface area (Å²) in [6.07, 6.45) is 2.74. The summed E-state index contributed by atoms with van der Waals surface area (Å²) in [4.78, 5) is 12.4. The van der Waals surface area contributed by atoms with Crippen LogP contribution < -0.4 is 21.1 Å². The van der Waals surface area contributed by atoms with Crippen LogP contribution in [-0.2, 0) is 4.79 Å². The standard InChI is InChI=1S/C12H24N4O5/c13-12(17)8-3-5-14(6-4-8)10-2-1-9(15(18)19)7-11(10)16(20)21/h8-11,15-16,18,20H,1-7H2,(H2,13,17)/p+1. The third-order valence-corrected chi connectivity index (χ3v) is 5.07. The highest BCUT2D eigenvalue weighted by Gasteiger charge is 2.44. The molecule has 0 radical (unpaired) electrons. The maximum Gasteiger partial charge on any atom is 0.220 e. The topological polar surface area (TPSA) is 143 Å². The van der Waals surface area contributed by atoms with Gasteiger partial charge in [0.25, 0.3) is 0 Å². The fourth-order valence-corrected chi connectivity index (χ4v) is 3.80. The number of hydrogen-bond donors (Lipinski definition) is 6. The molecule has 2 fully saturated rings. The Morgan fingerprint density at radius 2 is 1.71 bits per heavy atom. The van der Waals surface area contributed by atoms with Gasteiger partial charge in [0.1, 0.15) is 12.1 Å². The van der Waals surface area contributed by atoms with Crippen LogP contribution in [0.2, 0.25) is 0 Å². The van der Waals surface area contributed by atoms with Crippen molar-refractivity contribution in [1.29, 1.82) is 0 Å². The van der Waals surface area contributed by atoms with E-state index in [2.05, 4.69) is 0 Å². The van der Waals surface area contributed by atoms with Gasteiger partial charge in [-0.25, -0.2) is 20.9 Å². The lowest BCUT2D eigenvalue weighted by atomic mass is 9.84.